The molecule has 2 N–H and O–H groups in total. The zero-order valence-corrected chi connectivity index (χ0v) is 18.8. The number of benzene rings is 3. The maximum atomic E-state index is 13.0. The van der Waals surface area contributed by atoms with Crippen molar-refractivity contribution in [3.63, 3.8) is 0 Å². The van der Waals surface area contributed by atoms with Gasteiger partial charge in [-0.3, -0.25) is 9.52 Å². The van der Waals surface area contributed by atoms with E-state index in [-0.39, 0.29) is 16.8 Å². The molecular weight excluding hydrogens is 408 g/mol. The first-order valence-corrected chi connectivity index (χ1v) is 11.8. The van der Waals surface area contributed by atoms with E-state index in [0.29, 0.717) is 17.2 Å². The highest BCUT2D eigenvalue weighted by Gasteiger charge is 2.20. The van der Waals surface area contributed by atoms with Gasteiger partial charge in [-0.25, -0.2) is 8.42 Å². The fourth-order valence-corrected chi connectivity index (χ4v) is 4.42. The van der Waals surface area contributed by atoms with Gasteiger partial charge in [0.1, 0.15) is 0 Å². The van der Waals surface area contributed by atoms with Gasteiger partial charge in [-0.15, -0.1) is 0 Å². The Balaban J connectivity index is 1.80. The maximum Gasteiger partial charge on any atom is 0.261 e. The highest BCUT2D eigenvalue weighted by Crippen LogP contribution is 2.23. The maximum absolute atomic E-state index is 13.0. The molecule has 1 unspecified atom stereocenters. The predicted molar refractivity (Wildman–Crippen MR) is 125 cm³/mol. The molecule has 1 amide bonds. The molecule has 0 aliphatic rings. The van der Waals surface area contributed by atoms with Gasteiger partial charge in [0.25, 0.3) is 15.9 Å². The van der Waals surface area contributed by atoms with Crippen LogP contribution in [0.3, 0.4) is 0 Å². The number of nitrogens with one attached hydrogen (secondary N) is 2. The molecule has 3 rings (SSSR count). The van der Waals surface area contributed by atoms with Crippen LogP contribution in [0.4, 0.5) is 5.69 Å². The minimum absolute atomic E-state index is 0.0424. The summed E-state index contributed by atoms with van der Waals surface area (Å²) in [6, 6.07) is 22.8. The molecule has 31 heavy (non-hydrogen) atoms. The lowest BCUT2D eigenvalue weighted by atomic mass is 9.96. The lowest BCUT2D eigenvalue weighted by Gasteiger charge is -2.21. The molecule has 1 atom stereocenters. The fourth-order valence-electron chi connectivity index (χ4n) is 3.32. The van der Waals surface area contributed by atoms with Gasteiger partial charge in [-0.2, -0.15) is 0 Å². The molecule has 0 aliphatic carbocycles. The van der Waals surface area contributed by atoms with Crippen LogP contribution >= 0.6 is 0 Å². The van der Waals surface area contributed by atoms with Gasteiger partial charge < -0.3 is 5.32 Å². The zero-order chi connectivity index (χ0) is 22.4. The highest BCUT2D eigenvalue weighted by molar-refractivity contribution is 7.92. The van der Waals surface area contributed by atoms with E-state index in [4.69, 9.17) is 0 Å². The minimum atomic E-state index is -3.81. The first kappa shape index (κ1) is 22.6. The zero-order valence-electron chi connectivity index (χ0n) is 18.0. The predicted octanol–water partition coefficient (Wildman–Crippen LogP) is 5.31. The van der Waals surface area contributed by atoms with Crippen LogP contribution in [0.1, 0.15) is 47.8 Å². The summed E-state index contributed by atoms with van der Waals surface area (Å²) in [6.07, 6.45) is 0.780. The summed E-state index contributed by atoms with van der Waals surface area (Å²) in [5.74, 6) is 0.0813. The van der Waals surface area contributed by atoms with Crippen LogP contribution in [0.5, 0.6) is 0 Å². The number of amides is 1. The Labute approximate surface area is 184 Å². The van der Waals surface area contributed by atoms with Crippen molar-refractivity contribution >= 4 is 21.6 Å². The average molecular weight is 437 g/mol. The molecule has 0 bridgehead atoms. The first-order chi connectivity index (χ1) is 14.7. The Morgan fingerprint density at radius 1 is 0.903 bits per heavy atom. The first-order valence-electron chi connectivity index (χ1n) is 10.3. The van der Waals surface area contributed by atoms with Crippen LogP contribution in [0.25, 0.3) is 0 Å². The van der Waals surface area contributed by atoms with E-state index in [1.54, 1.807) is 24.3 Å². The summed E-state index contributed by atoms with van der Waals surface area (Å²) >= 11 is 0. The Hall–Kier alpha value is -3.12. The highest BCUT2D eigenvalue weighted by atomic mass is 32.2. The number of aryl methyl sites for hydroxylation is 1. The molecular formula is C25H28N2O3S. The molecule has 0 aliphatic heterocycles. The molecule has 0 aromatic heterocycles. The molecule has 3 aromatic rings. The molecule has 0 saturated carbocycles. The lowest BCUT2D eigenvalue weighted by Crippen LogP contribution is -2.29. The van der Waals surface area contributed by atoms with Crippen molar-refractivity contribution in [3.05, 3.63) is 95.6 Å². The van der Waals surface area contributed by atoms with Gasteiger partial charge in [0, 0.05) is 11.3 Å². The average Bonchev–Trinajstić information content (AvgIpc) is 2.75. The summed E-state index contributed by atoms with van der Waals surface area (Å²) in [4.78, 5) is 13.0. The summed E-state index contributed by atoms with van der Waals surface area (Å²) in [6.45, 7) is 6.14. The third kappa shape index (κ3) is 6.18. The van der Waals surface area contributed by atoms with E-state index in [0.717, 1.165) is 17.5 Å². The Morgan fingerprint density at radius 3 is 2.23 bits per heavy atom. The molecule has 162 valence electrons. The minimum Gasteiger partial charge on any atom is -0.345 e. The second kappa shape index (κ2) is 9.79. The van der Waals surface area contributed by atoms with Crippen molar-refractivity contribution in [3.8, 4) is 0 Å². The molecule has 5 nitrogen and oxygen atoms in total. The summed E-state index contributed by atoms with van der Waals surface area (Å²) in [7, 11) is -3.81. The van der Waals surface area contributed by atoms with Crippen molar-refractivity contribution in [1.29, 1.82) is 0 Å². The molecule has 0 fully saturated rings. The molecule has 0 spiro atoms. The van der Waals surface area contributed by atoms with Crippen LogP contribution in [0, 0.1) is 12.8 Å². The van der Waals surface area contributed by atoms with E-state index in [1.165, 1.54) is 12.1 Å². The Kier molecular flexibility index (Phi) is 7.13. The molecule has 0 heterocycles. The topological polar surface area (TPSA) is 75.3 Å². The summed E-state index contributed by atoms with van der Waals surface area (Å²) in [5, 5.41) is 3.06. The monoisotopic (exact) mass is 436 g/mol. The van der Waals surface area contributed by atoms with E-state index < -0.39 is 10.0 Å². The number of rotatable bonds is 8. The second-order valence-corrected chi connectivity index (χ2v) is 9.75. The van der Waals surface area contributed by atoms with E-state index in [1.807, 2.05) is 49.4 Å². The lowest BCUT2D eigenvalue weighted by molar-refractivity contribution is 0.0931. The van der Waals surface area contributed by atoms with Gasteiger partial charge in [0.15, 0.2) is 0 Å². The normalized spacial score (nSPS) is 12.4. The number of carbonyl (C=O) groups excluding carboxylic acids is 1. The molecule has 0 saturated heterocycles. The number of hydrogen-bond donors (Lipinski definition) is 2. The van der Waals surface area contributed by atoms with Crippen LogP contribution in [0.15, 0.2) is 83.8 Å². The smallest absolute Gasteiger partial charge is 0.261 e. The van der Waals surface area contributed by atoms with Gasteiger partial charge in [0.05, 0.1) is 10.9 Å². The van der Waals surface area contributed by atoms with Crippen molar-refractivity contribution in [2.24, 2.45) is 5.92 Å². The van der Waals surface area contributed by atoms with Crippen LogP contribution in [-0.4, -0.2) is 14.3 Å². The largest absolute Gasteiger partial charge is 0.345 e. The van der Waals surface area contributed by atoms with E-state index >= 15 is 0 Å². The van der Waals surface area contributed by atoms with Gasteiger partial charge in [-0.05, 0) is 55.2 Å². The van der Waals surface area contributed by atoms with Crippen molar-refractivity contribution in [2.45, 2.75) is 38.1 Å². The number of sulfonamides is 1. The summed E-state index contributed by atoms with van der Waals surface area (Å²) < 4.78 is 28.2. The fraction of sp³-hybridized carbons (Fsp3) is 0.240. The van der Waals surface area contributed by atoms with Crippen molar-refractivity contribution in [2.75, 3.05) is 4.72 Å². The molecule has 6 heteroatoms. The van der Waals surface area contributed by atoms with Crippen LogP contribution in [0.2, 0.25) is 0 Å². The van der Waals surface area contributed by atoms with Crippen molar-refractivity contribution in [1.82, 2.24) is 5.32 Å². The van der Waals surface area contributed by atoms with E-state index in [2.05, 4.69) is 23.9 Å². The number of carbonyl (C=O) groups is 1. The third-order valence-corrected chi connectivity index (χ3v) is 6.30. The van der Waals surface area contributed by atoms with Crippen LogP contribution in [-0.2, 0) is 10.0 Å². The van der Waals surface area contributed by atoms with E-state index in [9.17, 15) is 13.2 Å². The SMILES string of the molecule is Cc1ccc(NS(=O)(=O)c2cccc(C(=O)NC(CC(C)C)c3ccccc3)c2)cc1. The third-order valence-electron chi connectivity index (χ3n) is 4.92. The molecule has 3 aromatic carbocycles. The number of hydrogen-bond acceptors (Lipinski definition) is 3. The standard InChI is InChI=1S/C25H28N2O3S/c1-18(2)16-24(20-8-5-4-6-9-20)26-25(28)21-10-7-11-23(17-21)31(29,30)27-22-14-12-19(3)13-15-22/h4-15,17-18,24,27H,16H2,1-3H3,(H,26,28). The Bertz CT molecular complexity index is 1120. The molecule has 0 radical (unpaired) electrons. The summed E-state index contributed by atoms with van der Waals surface area (Å²) in [5.41, 5.74) is 2.84. The van der Waals surface area contributed by atoms with Gasteiger partial charge in [0.2, 0.25) is 0 Å². The quantitative estimate of drug-likeness (QED) is 0.502. The Morgan fingerprint density at radius 2 is 1.58 bits per heavy atom. The van der Waals surface area contributed by atoms with Gasteiger partial charge in [-0.1, -0.05) is 67.9 Å². The second-order valence-electron chi connectivity index (χ2n) is 8.07. The number of anilines is 1. The van der Waals surface area contributed by atoms with Gasteiger partial charge >= 0.3 is 0 Å². The van der Waals surface area contributed by atoms with Crippen molar-refractivity contribution < 1.29 is 13.2 Å². The van der Waals surface area contributed by atoms with Crippen LogP contribution < -0.4 is 10.0 Å².